The predicted octanol–water partition coefficient (Wildman–Crippen LogP) is 9.25. The predicted molar refractivity (Wildman–Crippen MR) is 169 cm³/mol. The van der Waals surface area contributed by atoms with Gasteiger partial charge in [-0.3, -0.25) is 14.9 Å². The van der Waals surface area contributed by atoms with Gasteiger partial charge in [-0.15, -0.1) is 0 Å². The lowest BCUT2D eigenvalue weighted by molar-refractivity contribution is 0.406. The summed E-state index contributed by atoms with van der Waals surface area (Å²) < 4.78 is 0. The van der Waals surface area contributed by atoms with Crippen LogP contribution in [0.1, 0.15) is 52.9 Å². The minimum Gasteiger partial charge on any atom is -0.279 e. The van der Waals surface area contributed by atoms with Crippen molar-refractivity contribution < 1.29 is 0 Å². The molecule has 0 fully saturated rings. The zero-order chi connectivity index (χ0) is 29.0. The molecule has 0 amide bonds. The molecular formula is C36H39N5. The van der Waals surface area contributed by atoms with E-state index in [0.29, 0.717) is 0 Å². The number of para-hydroxylation sites is 1. The van der Waals surface area contributed by atoms with E-state index in [4.69, 9.17) is 19.9 Å². The van der Waals surface area contributed by atoms with E-state index in [-0.39, 0.29) is 10.8 Å². The van der Waals surface area contributed by atoms with Crippen molar-refractivity contribution in [2.24, 2.45) is 10.8 Å². The van der Waals surface area contributed by atoms with Gasteiger partial charge in [0, 0.05) is 40.6 Å². The topological polar surface area (TPSA) is 54.8 Å². The number of aromatic nitrogens is 4. The van der Waals surface area contributed by atoms with E-state index in [9.17, 15) is 0 Å². The first-order chi connectivity index (χ1) is 19.5. The van der Waals surface area contributed by atoms with Crippen LogP contribution in [-0.2, 0) is 12.8 Å². The summed E-state index contributed by atoms with van der Waals surface area (Å²) in [4.78, 5) is 21.7. The quantitative estimate of drug-likeness (QED) is 0.205. The Morgan fingerprint density at radius 3 is 1.37 bits per heavy atom. The van der Waals surface area contributed by atoms with E-state index in [0.717, 1.165) is 64.1 Å². The average molecular weight is 542 g/mol. The van der Waals surface area contributed by atoms with E-state index in [1.807, 2.05) is 67.0 Å². The fourth-order valence-electron chi connectivity index (χ4n) is 4.82. The molecule has 0 aliphatic rings. The van der Waals surface area contributed by atoms with Gasteiger partial charge in [0.15, 0.2) is 0 Å². The molecule has 5 nitrogen and oxygen atoms in total. The Balaban J connectivity index is 1.50. The van der Waals surface area contributed by atoms with Gasteiger partial charge in [0.2, 0.25) is 0 Å². The van der Waals surface area contributed by atoms with Gasteiger partial charge in [0.1, 0.15) is 11.6 Å². The van der Waals surface area contributed by atoms with Gasteiger partial charge in [-0.1, -0.05) is 71.9 Å². The minimum atomic E-state index is 0.189. The molecule has 5 heteroatoms. The van der Waals surface area contributed by atoms with Crippen LogP contribution < -0.4 is 4.90 Å². The molecule has 0 atom stereocenters. The third-order valence-corrected chi connectivity index (χ3v) is 6.61. The van der Waals surface area contributed by atoms with Crippen molar-refractivity contribution in [1.82, 2.24) is 19.9 Å². The second-order valence-corrected chi connectivity index (χ2v) is 13.0. The Bertz CT molecular complexity index is 1480. The zero-order valence-electron chi connectivity index (χ0n) is 25.0. The third kappa shape index (κ3) is 7.43. The standard InChI is InChI=1S/C36H39N5/c1-35(2,3)22-28-20-18-26(24-37-28)31-14-10-16-33(39-31)41(30-12-8-7-9-13-30)34-17-11-15-32(40-34)27-19-21-29(38-25-27)23-36(4,5)6/h7-21,24-25H,22-23H2,1-6H3. The highest BCUT2D eigenvalue weighted by Crippen LogP contribution is 2.34. The van der Waals surface area contributed by atoms with E-state index in [2.05, 4.69) is 82.8 Å². The number of benzene rings is 1. The van der Waals surface area contributed by atoms with E-state index < -0.39 is 0 Å². The zero-order valence-corrected chi connectivity index (χ0v) is 25.0. The van der Waals surface area contributed by atoms with Crippen LogP contribution in [0.3, 0.4) is 0 Å². The van der Waals surface area contributed by atoms with Gasteiger partial charge in [0.25, 0.3) is 0 Å². The molecule has 41 heavy (non-hydrogen) atoms. The highest BCUT2D eigenvalue weighted by Gasteiger charge is 2.18. The summed E-state index contributed by atoms with van der Waals surface area (Å²) >= 11 is 0. The summed E-state index contributed by atoms with van der Waals surface area (Å²) in [6, 6.07) is 30.9. The number of anilines is 3. The largest absolute Gasteiger partial charge is 0.279 e. The van der Waals surface area contributed by atoms with Crippen molar-refractivity contribution in [1.29, 1.82) is 0 Å². The fourth-order valence-corrected chi connectivity index (χ4v) is 4.82. The maximum Gasteiger partial charge on any atom is 0.139 e. The summed E-state index contributed by atoms with van der Waals surface area (Å²) in [5.41, 5.74) is 7.25. The summed E-state index contributed by atoms with van der Waals surface area (Å²) in [6.07, 6.45) is 5.71. The summed E-state index contributed by atoms with van der Waals surface area (Å²) in [6.45, 7) is 13.4. The molecule has 208 valence electrons. The van der Waals surface area contributed by atoms with Crippen molar-refractivity contribution in [3.05, 3.63) is 115 Å². The Hall–Kier alpha value is -4.38. The first-order valence-corrected chi connectivity index (χ1v) is 14.2. The Labute approximate surface area is 244 Å². The highest BCUT2D eigenvalue weighted by molar-refractivity contribution is 5.75. The molecule has 0 aliphatic carbocycles. The van der Waals surface area contributed by atoms with Gasteiger partial charge in [-0.25, -0.2) is 9.97 Å². The number of pyridine rings is 4. The first-order valence-electron chi connectivity index (χ1n) is 14.2. The number of hydrogen-bond donors (Lipinski definition) is 0. The lowest BCUT2D eigenvalue weighted by atomic mass is 9.90. The molecule has 5 rings (SSSR count). The van der Waals surface area contributed by atoms with Crippen LogP contribution in [0.25, 0.3) is 22.5 Å². The highest BCUT2D eigenvalue weighted by atomic mass is 15.2. The second-order valence-electron chi connectivity index (χ2n) is 13.0. The summed E-state index contributed by atoms with van der Waals surface area (Å²) in [5.74, 6) is 1.58. The van der Waals surface area contributed by atoms with Crippen LogP contribution >= 0.6 is 0 Å². The SMILES string of the molecule is CC(C)(C)Cc1ccc(-c2cccc(N(c3ccccc3)c3cccc(-c4ccc(CC(C)(C)C)nc4)n3)n2)cn1. The van der Waals surface area contributed by atoms with Crippen molar-refractivity contribution in [3.63, 3.8) is 0 Å². The lowest BCUT2D eigenvalue weighted by Gasteiger charge is -2.24. The summed E-state index contributed by atoms with van der Waals surface area (Å²) in [5, 5.41) is 0. The molecule has 1 aromatic carbocycles. The van der Waals surface area contributed by atoms with Gasteiger partial charge >= 0.3 is 0 Å². The van der Waals surface area contributed by atoms with E-state index in [1.165, 1.54) is 0 Å². The number of rotatable bonds is 7. The van der Waals surface area contributed by atoms with Crippen LogP contribution in [0.5, 0.6) is 0 Å². The first kappa shape index (κ1) is 28.2. The van der Waals surface area contributed by atoms with Crippen molar-refractivity contribution in [2.75, 3.05) is 4.90 Å². The second kappa shape index (κ2) is 11.6. The number of hydrogen-bond acceptors (Lipinski definition) is 5. The molecule has 0 bridgehead atoms. The molecular weight excluding hydrogens is 502 g/mol. The van der Waals surface area contributed by atoms with Gasteiger partial charge in [0.05, 0.1) is 11.4 Å². The van der Waals surface area contributed by atoms with Crippen LogP contribution in [0.4, 0.5) is 17.3 Å². The maximum atomic E-state index is 5.08. The number of nitrogens with zero attached hydrogens (tertiary/aromatic N) is 5. The molecule has 5 aromatic rings. The van der Waals surface area contributed by atoms with Gasteiger partial charge < -0.3 is 0 Å². The molecule has 0 saturated heterocycles. The summed E-state index contributed by atoms with van der Waals surface area (Å²) in [7, 11) is 0. The Morgan fingerprint density at radius 1 is 0.512 bits per heavy atom. The lowest BCUT2D eigenvalue weighted by Crippen LogP contribution is -2.13. The van der Waals surface area contributed by atoms with E-state index in [1.54, 1.807) is 0 Å². The normalized spacial score (nSPS) is 11.9. The molecule has 0 aliphatic heterocycles. The molecule has 0 radical (unpaired) electrons. The molecule has 4 aromatic heterocycles. The minimum absolute atomic E-state index is 0.189. The third-order valence-electron chi connectivity index (χ3n) is 6.61. The molecule has 4 heterocycles. The van der Waals surface area contributed by atoms with Crippen LogP contribution in [0.2, 0.25) is 0 Å². The molecule has 0 saturated carbocycles. The smallest absolute Gasteiger partial charge is 0.139 e. The van der Waals surface area contributed by atoms with Crippen molar-refractivity contribution >= 4 is 17.3 Å². The maximum absolute atomic E-state index is 5.08. The monoisotopic (exact) mass is 541 g/mol. The molecule has 0 unspecified atom stereocenters. The molecule has 0 N–H and O–H groups in total. The van der Waals surface area contributed by atoms with Crippen molar-refractivity contribution in [2.45, 2.75) is 54.4 Å². The van der Waals surface area contributed by atoms with Crippen LogP contribution in [-0.4, -0.2) is 19.9 Å². The van der Waals surface area contributed by atoms with Crippen LogP contribution in [0.15, 0.2) is 103 Å². The van der Waals surface area contributed by atoms with Crippen molar-refractivity contribution in [3.8, 4) is 22.5 Å². The Kier molecular flexibility index (Phi) is 7.98. The van der Waals surface area contributed by atoms with Gasteiger partial charge in [-0.2, -0.15) is 0 Å². The molecule has 0 spiro atoms. The fraction of sp³-hybridized carbons (Fsp3) is 0.278. The van der Waals surface area contributed by atoms with Crippen LogP contribution in [0, 0.1) is 10.8 Å². The van der Waals surface area contributed by atoms with Gasteiger partial charge in [-0.05, 0) is 84.3 Å². The van der Waals surface area contributed by atoms with E-state index >= 15 is 0 Å². The average Bonchev–Trinajstić information content (AvgIpc) is 2.93. The Morgan fingerprint density at radius 2 is 0.976 bits per heavy atom.